The van der Waals surface area contributed by atoms with Crippen molar-refractivity contribution in [2.45, 2.75) is 49.3 Å². The van der Waals surface area contributed by atoms with Crippen LogP contribution in [-0.2, 0) is 41.8 Å². The number of nitrogens with one attached hydrogen (secondary N) is 1. The zero-order chi connectivity index (χ0) is 40.3. The zero-order valence-electron chi connectivity index (χ0n) is 31.2. The van der Waals surface area contributed by atoms with Gasteiger partial charge >= 0.3 is 0 Å². The fourth-order valence-corrected chi connectivity index (χ4v) is 9.87. The minimum atomic E-state index is -1.71. The number of aromatic nitrogens is 1. The normalized spacial score (nSPS) is 16.5. The molecule has 0 bridgehead atoms. The third-order valence-corrected chi connectivity index (χ3v) is 13.7. The topological polar surface area (TPSA) is 140 Å². The van der Waals surface area contributed by atoms with E-state index in [4.69, 9.17) is 48.4 Å². The molecule has 3 atom stereocenters. The van der Waals surface area contributed by atoms with E-state index in [-0.39, 0.29) is 18.6 Å². The summed E-state index contributed by atoms with van der Waals surface area (Å²) < 4.78 is 35.2. The van der Waals surface area contributed by atoms with Crippen LogP contribution in [0, 0.1) is 18.3 Å². The number of halogens is 2. The number of anilines is 1. The van der Waals surface area contributed by atoms with Gasteiger partial charge in [-0.3, -0.25) is 4.79 Å². The van der Waals surface area contributed by atoms with Gasteiger partial charge in [0.05, 0.1) is 27.4 Å². The first-order valence-corrected chi connectivity index (χ1v) is 21.2. The number of carbonyl (C=O) groups is 1. The van der Waals surface area contributed by atoms with Crippen LogP contribution >= 0.6 is 34.5 Å². The quantitative estimate of drug-likeness (QED) is 0.132. The van der Waals surface area contributed by atoms with E-state index in [1.807, 2.05) is 78.9 Å². The fraction of sp³-hybridized carbons (Fsp3) is 0.205. The number of nitriles is 1. The largest absolute Gasteiger partial charge is 0.489 e. The van der Waals surface area contributed by atoms with Crippen molar-refractivity contribution >= 4 is 56.6 Å². The first kappa shape index (κ1) is 39.4. The van der Waals surface area contributed by atoms with Gasteiger partial charge in [0, 0.05) is 13.1 Å². The summed E-state index contributed by atoms with van der Waals surface area (Å²) in [4.78, 5) is 18.3. The molecule has 58 heavy (non-hydrogen) atoms. The van der Waals surface area contributed by atoms with Gasteiger partial charge in [0.25, 0.3) is 0 Å². The van der Waals surface area contributed by atoms with Gasteiger partial charge in [-0.2, -0.15) is 5.26 Å². The van der Waals surface area contributed by atoms with Crippen molar-refractivity contribution in [3.63, 3.8) is 0 Å². The van der Waals surface area contributed by atoms with Gasteiger partial charge in [0.2, 0.25) is 5.91 Å². The second-order valence-electron chi connectivity index (χ2n) is 14.0. The highest BCUT2D eigenvalue weighted by molar-refractivity contribution is 7.85. The van der Waals surface area contributed by atoms with Crippen molar-refractivity contribution in [3.8, 4) is 34.4 Å². The Morgan fingerprint density at radius 2 is 1.67 bits per heavy atom. The highest BCUT2D eigenvalue weighted by Crippen LogP contribution is 2.42. The van der Waals surface area contributed by atoms with E-state index >= 15 is 0 Å². The third kappa shape index (κ3) is 8.70. The Labute approximate surface area is 352 Å². The third-order valence-electron chi connectivity index (χ3n) is 10.1. The Bertz CT molecular complexity index is 2540. The molecule has 0 aliphatic carbocycles. The predicted octanol–water partition coefficient (Wildman–Crippen LogP) is 8.78. The molecule has 0 radical (unpaired) electrons. The molecule has 3 heterocycles. The monoisotopic (exact) mass is 849 g/mol. The molecule has 2 aliphatic heterocycles. The maximum absolute atomic E-state index is 14.2. The van der Waals surface area contributed by atoms with Crippen LogP contribution in [0.25, 0.3) is 11.1 Å². The number of nitrogen functional groups attached to an aromatic ring is 1. The van der Waals surface area contributed by atoms with E-state index in [1.165, 1.54) is 11.3 Å². The van der Waals surface area contributed by atoms with Crippen LogP contribution in [-0.4, -0.2) is 38.6 Å². The van der Waals surface area contributed by atoms with Gasteiger partial charge < -0.3 is 25.3 Å². The summed E-state index contributed by atoms with van der Waals surface area (Å²) in [7, 11) is -1.71. The summed E-state index contributed by atoms with van der Waals surface area (Å²) in [6.07, 6.45) is 0.575. The first-order valence-electron chi connectivity index (χ1n) is 18.5. The Balaban J connectivity index is 0.946. The summed E-state index contributed by atoms with van der Waals surface area (Å²) in [6, 6.07) is 34.0. The lowest BCUT2D eigenvalue weighted by Crippen LogP contribution is -2.51. The number of hydrogen-bond acceptors (Lipinski definition) is 9. The standard InChI is InChI=1S/C44H37Cl2N5O5S2/c1-26-43(57-44(48)50-26)58(53)51-23-34-21-40-39(55-25-41(56-40)32-11-13-35(14-12-32)54-24-29-6-15-36(45)37(46)18-29)20-33(34)19-38(51)42(52)49-17-16-27-2-7-30(8-3-27)31-9-4-28(22-47)5-10-31/h2-15,18,20-21,38,41H,16-17,19,23-25H2,1H3,(H2,48,50)(H,49,52). The average molecular weight is 851 g/mol. The SMILES string of the molecule is Cc1nc(N)sc1S(=O)N1Cc2cc3c(cc2CC1C(=O)NCCc1ccc(-c2ccc(C#N)cc2)cc1)OCC(c1ccc(OCc2ccc(Cl)c(Cl)c2)cc1)O3. The Kier molecular flexibility index (Phi) is 11.7. The van der Waals surface area contributed by atoms with E-state index in [9.17, 15) is 9.00 Å². The van der Waals surface area contributed by atoms with E-state index in [2.05, 4.69) is 16.4 Å². The molecule has 294 valence electrons. The van der Waals surface area contributed by atoms with Gasteiger partial charge in [0.1, 0.15) is 40.2 Å². The molecule has 10 nitrogen and oxygen atoms in total. The molecule has 14 heteroatoms. The lowest BCUT2D eigenvalue weighted by Gasteiger charge is -2.36. The number of nitrogens with two attached hydrogens (primary N) is 1. The van der Waals surface area contributed by atoms with Crippen molar-refractivity contribution in [3.05, 3.63) is 152 Å². The summed E-state index contributed by atoms with van der Waals surface area (Å²) >= 11 is 13.4. The van der Waals surface area contributed by atoms with Crippen LogP contribution in [0.1, 0.15) is 45.2 Å². The highest BCUT2D eigenvalue weighted by atomic mass is 35.5. The number of thiazole rings is 1. The Hall–Kier alpha value is -5.42. The number of aryl methyl sites for hydroxylation is 1. The number of amides is 1. The van der Waals surface area contributed by atoms with E-state index < -0.39 is 17.0 Å². The number of fused-ring (bicyclic) bond motifs is 2. The molecular formula is C44H37Cl2N5O5S2. The maximum Gasteiger partial charge on any atom is 0.238 e. The van der Waals surface area contributed by atoms with Crippen LogP contribution in [0.5, 0.6) is 17.2 Å². The molecular weight excluding hydrogens is 814 g/mol. The van der Waals surface area contributed by atoms with Gasteiger partial charge in [-0.05, 0) is 107 Å². The summed E-state index contributed by atoms with van der Waals surface area (Å²) in [5.74, 6) is 1.65. The van der Waals surface area contributed by atoms with Crippen molar-refractivity contribution in [2.75, 3.05) is 18.9 Å². The van der Waals surface area contributed by atoms with Gasteiger partial charge in [0.15, 0.2) is 22.7 Å². The molecule has 0 spiro atoms. The molecule has 5 aromatic carbocycles. The second-order valence-corrected chi connectivity index (χ2v) is 17.5. The minimum Gasteiger partial charge on any atom is -0.489 e. The number of carbonyl (C=O) groups excluding carboxylic acids is 1. The Morgan fingerprint density at radius 1 is 0.966 bits per heavy atom. The van der Waals surface area contributed by atoms with Crippen molar-refractivity contribution in [1.29, 1.82) is 5.26 Å². The number of rotatable bonds is 11. The smallest absolute Gasteiger partial charge is 0.238 e. The summed E-state index contributed by atoms with van der Waals surface area (Å²) in [6.45, 7) is 3.05. The van der Waals surface area contributed by atoms with Crippen LogP contribution in [0.2, 0.25) is 10.0 Å². The summed E-state index contributed by atoms with van der Waals surface area (Å²) in [5.41, 5.74) is 14.0. The van der Waals surface area contributed by atoms with Crippen molar-refractivity contribution in [1.82, 2.24) is 14.6 Å². The molecule has 0 fully saturated rings. The van der Waals surface area contributed by atoms with Gasteiger partial charge in [-0.1, -0.05) is 89.1 Å². The second kappa shape index (κ2) is 17.2. The van der Waals surface area contributed by atoms with Crippen LogP contribution < -0.4 is 25.3 Å². The fourth-order valence-electron chi connectivity index (χ4n) is 6.98. The number of benzene rings is 5. The van der Waals surface area contributed by atoms with Gasteiger partial charge in [-0.25, -0.2) is 13.5 Å². The molecule has 3 N–H and O–H groups in total. The molecule has 3 unspecified atom stereocenters. The lowest BCUT2D eigenvalue weighted by molar-refractivity contribution is -0.125. The maximum atomic E-state index is 14.2. The molecule has 1 aromatic heterocycles. The molecule has 1 amide bonds. The highest BCUT2D eigenvalue weighted by Gasteiger charge is 2.38. The van der Waals surface area contributed by atoms with Gasteiger partial charge in [-0.15, -0.1) is 0 Å². The van der Waals surface area contributed by atoms with Crippen LogP contribution in [0.15, 0.2) is 107 Å². The number of hydrogen-bond donors (Lipinski definition) is 2. The average Bonchev–Trinajstić information content (AvgIpc) is 3.59. The molecule has 8 rings (SSSR count). The minimum absolute atomic E-state index is 0.220. The summed E-state index contributed by atoms with van der Waals surface area (Å²) in [5, 5.41) is 13.5. The number of nitrogens with zero attached hydrogens (tertiary/aromatic N) is 3. The Morgan fingerprint density at radius 3 is 2.36 bits per heavy atom. The van der Waals surface area contributed by atoms with E-state index in [1.54, 1.807) is 35.5 Å². The van der Waals surface area contributed by atoms with Crippen molar-refractivity contribution < 1.29 is 23.2 Å². The number of ether oxygens (including phenoxy) is 3. The van der Waals surface area contributed by atoms with Crippen LogP contribution in [0.4, 0.5) is 5.13 Å². The first-order chi connectivity index (χ1) is 28.1. The molecule has 6 aromatic rings. The zero-order valence-corrected chi connectivity index (χ0v) is 34.4. The molecule has 0 saturated heterocycles. The van der Waals surface area contributed by atoms with Crippen molar-refractivity contribution in [2.24, 2.45) is 0 Å². The van der Waals surface area contributed by atoms with E-state index in [0.717, 1.165) is 38.9 Å². The molecule has 2 aliphatic rings. The predicted molar refractivity (Wildman–Crippen MR) is 227 cm³/mol. The lowest BCUT2D eigenvalue weighted by atomic mass is 9.94. The molecule has 0 saturated carbocycles. The van der Waals surface area contributed by atoms with Crippen LogP contribution in [0.3, 0.4) is 0 Å². The van der Waals surface area contributed by atoms with E-state index in [0.29, 0.717) is 80.5 Å².